The van der Waals surface area contributed by atoms with Gasteiger partial charge in [-0.2, -0.15) is 5.10 Å². The summed E-state index contributed by atoms with van der Waals surface area (Å²) >= 11 is 0. The van der Waals surface area contributed by atoms with Crippen LogP contribution in [0.3, 0.4) is 0 Å². The zero-order chi connectivity index (χ0) is 6.81. The highest BCUT2D eigenvalue weighted by Gasteiger charge is 2.06. The van der Waals surface area contributed by atoms with Crippen molar-refractivity contribution in [3.05, 3.63) is 11.8 Å². The molecule has 0 aliphatic carbocycles. The third-order valence-electron chi connectivity index (χ3n) is 1.89. The minimum absolute atomic E-state index is 1.08. The Kier molecular flexibility index (Phi) is 1.34. The van der Waals surface area contributed by atoms with E-state index >= 15 is 0 Å². The molecule has 0 bridgehead atoms. The molecule has 2 N–H and O–H groups in total. The van der Waals surface area contributed by atoms with E-state index in [-0.39, 0.29) is 0 Å². The Morgan fingerprint density at radius 2 is 2.40 bits per heavy atom. The Hall–Kier alpha value is -0.990. The van der Waals surface area contributed by atoms with Gasteiger partial charge in [0.1, 0.15) is 5.82 Å². The molecule has 0 unspecified atom stereocenters. The van der Waals surface area contributed by atoms with Crippen LogP contribution < -0.4 is 5.32 Å². The molecule has 0 atom stereocenters. The molecule has 3 heteroatoms. The van der Waals surface area contributed by atoms with Crippen molar-refractivity contribution in [2.24, 2.45) is 0 Å². The van der Waals surface area contributed by atoms with Crippen molar-refractivity contribution in [3.8, 4) is 0 Å². The third-order valence-corrected chi connectivity index (χ3v) is 1.89. The van der Waals surface area contributed by atoms with E-state index in [2.05, 4.69) is 15.5 Å². The summed E-state index contributed by atoms with van der Waals surface area (Å²) in [4.78, 5) is 0. The topological polar surface area (TPSA) is 40.7 Å². The Bertz CT molecular complexity index is 196. The molecule has 1 aliphatic rings. The molecule has 0 fully saturated rings. The summed E-state index contributed by atoms with van der Waals surface area (Å²) < 4.78 is 0. The van der Waals surface area contributed by atoms with Gasteiger partial charge in [-0.05, 0) is 19.3 Å². The van der Waals surface area contributed by atoms with Gasteiger partial charge in [-0.15, -0.1) is 0 Å². The van der Waals surface area contributed by atoms with Crippen molar-refractivity contribution in [1.82, 2.24) is 10.2 Å². The van der Waals surface area contributed by atoms with Crippen molar-refractivity contribution in [1.29, 1.82) is 0 Å². The van der Waals surface area contributed by atoms with Crippen LogP contribution in [0.2, 0.25) is 0 Å². The van der Waals surface area contributed by atoms with Crippen LogP contribution in [-0.4, -0.2) is 16.7 Å². The quantitative estimate of drug-likeness (QED) is 0.563. The lowest BCUT2D eigenvalue weighted by atomic mass is 10.2. The second-order valence-corrected chi connectivity index (χ2v) is 2.65. The number of nitrogens with zero attached hydrogens (tertiary/aromatic N) is 1. The predicted octanol–water partition coefficient (Wildman–Crippen LogP) is 1.16. The van der Waals surface area contributed by atoms with E-state index in [0.717, 1.165) is 12.4 Å². The van der Waals surface area contributed by atoms with Crippen molar-refractivity contribution >= 4 is 5.82 Å². The van der Waals surface area contributed by atoms with Crippen LogP contribution in [0.5, 0.6) is 0 Å². The van der Waals surface area contributed by atoms with Crippen LogP contribution in [-0.2, 0) is 6.42 Å². The maximum atomic E-state index is 3.96. The number of aromatic nitrogens is 2. The van der Waals surface area contributed by atoms with Crippen molar-refractivity contribution in [2.45, 2.75) is 19.3 Å². The van der Waals surface area contributed by atoms with Crippen LogP contribution in [0.1, 0.15) is 18.4 Å². The van der Waals surface area contributed by atoms with Crippen molar-refractivity contribution in [2.75, 3.05) is 11.9 Å². The standard InChI is InChI=1S/C7H11N3/c1-2-4-8-7-6(3-1)5-9-10-7/h5H,1-4H2,(H2,8,9,10). The first-order valence-electron chi connectivity index (χ1n) is 3.73. The van der Waals surface area contributed by atoms with Gasteiger partial charge in [0.2, 0.25) is 0 Å². The summed E-state index contributed by atoms with van der Waals surface area (Å²) in [6.07, 6.45) is 5.62. The van der Waals surface area contributed by atoms with Crippen LogP contribution in [0.15, 0.2) is 6.20 Å². The van der Waals surface area contributed by atoms with Gasteiger partial charge in [0.15, 0.2) is 0 Å². The predicted molar refractivity (Wildman–Crippen MR) is 40.0 cm³/mol. The number of rotatable bonds is 0. The smallest absolute Gasteiger partial charge is 0.124 e. The first-order chi connectivity index (χ1) is 4.97. The number of fused-ring (bicyclic) bond motifs is 1. The van der Waals surface area contributed by atoms with Gasteiger partial charge in [-0.3, -0.25) is 5.10 Å². The van der Waals surface area contributed by atoms with Crippen molar-refractivity contribution < 1.29 is 0 Å². The van der Waals surface area contributed by atoms with Gasteiger partial charge >= 0.3 is 0 Å². The van der Waals surface area contributed by atoms with E-state index in [9.17, 15) is 0 Å². The maximum Gasteiger partial charge on any atom is 0.124 e. The number of H-pyrrole nitrogens is 1. The molecule has 2 heterocycles. The van der Waals surface area contributed by atoms with Crippen LogP contribution >= 0.6 is 0 Å². The molecule has 0 radical (unpaired) electrons. The zero-order valence-electron chi connectivity index (χ0n) is 5.85. The molecular weight excluding hydrogens is 126 g/mol. The minimum atomic E-state index is 1.08. The first-order valence-corrected chi connectivity index (χ1v) is 3.73. The van der Waals surface area contributed by atoms with Crippen LogP contribution in [0.25, 0.3) is 0 Å². The van der Waals surface area contributed by atoms with E-state index in [1.807, 2.05) is 6.20 Å². The molecule has 10 heavy (non-hydrogen) atoms. The van der Waals surface area contributed by atoms with Gasteiger partial charge in [-0.25, -0.2) is 0 Å². The van der Waals surface area contributed by atoms with E-state index in [1.165, 1.54) is 24.8 Å². The minimum Gasteiger partial charge on any atom is -0.370 e. The summed E-state index contributed by atoms with van der Waals surface area (Å²) in [6, 6.07) is 0. The van der Waals surface area contributed by atoms with Gasteiger partial charge in [-0.1, -0.05) is 0 Å². The Morgan fingerprint density at radius 3 is 3.40 bits per heavy atom. The molecule has 1 aliphatic heterocycles. The second kappa shape index (κ2) is 2.33. The molecule has 0 saturated carbocycles. The number of anilines is 1. The van der Waals surface area contributed by atoms with Crippen LogP contribution in [0, 0.1) is 0 Å². The highest BCUT2D eigenvalue weighted by molar-refractivity contribution is 5.43. The average molecular weight is 137 g/mol. The van der Waals surface area contributed by atoms with Gasteiger partial charge in [0.05, 0.1) is 6.20 Å². The monoisotopic (exact) mass is 137 g/mol. The Balaban J connectivity index is 2.28. The molecular formula is C7H11N3. The Labute approximate surface area is 59.8 Å². The lowest BCUT2D eigenvalue weighted by Crippen LogP contribution is -1.99. The molecule has 1 aromatic rings. The molecule has 54 valence electrons. The fraction of sp³-hybridized carbons (Fsp3) is 0.571. The summed E-state index contributed by atoms with van der Waals surface area (Å²) in [5.74, 6) is 1.12. The van der Waals surface area contributed by atoms with E-state index in [0.29, 0.717) is 0 Å². The summed E-state index contributed by atoms with van der Waals surface area (Å²) in [5.41, 5.74) is 1.33. The van der Waals surface area contributed by atoms with E-state index in [4.69, 9.17) is 0 Å². The molecule has 0 aromatic carbocycles. The highest BCUT2D eigenvalue weighted by atomic mass is 15.2. The maximum absolute atomic E-state index is 3.96. The number of hydrogen-bond donors (Lipinski definition) is 2. The lowest BCUT2D eigenvalue weighted by Gasteiger charge is -1.97. The van der Waals surface area contributed by atoms with E-state index in [1.54, 1.807) is 0 Å². The second-order valence-electron chi connectivity index (χ2n) is 2.65. The fourth-order valence-corrected chi connectivity index (χ4v) is 1.31. The normalized spacial score (nSPS) is 17.2. The average Bonchev–Trinajstić information content (AvgIpc) is 2.28. The SMILES string of the molecule is c1n[nH]c2c1CCCCN2. The van der Waals surface area contributed by atoms with Gasteiger partial charge in [0.25, 0.3) is 0 Å². The van der Waals surface area contributed by atoms with E-state index < -0.39 is 0 Å². The van der Waals surface area contributed by atoms with Gasteiger partial charge in [0, 0.05) is 12.1 Å². The lowest BCUT2D eigenvalue weighted by molar-refractivity contribution is 0.782. The number of aryl methyl sites for hydroxylation is 1. The number of aromatic amines is 1. The first kappa shape index (κ1) is 5.77. The third kappa shape index (κ3) is 0.875. The molecule has 0 saturated heterocycles. The van der Waals surface area contributed by atoms with Crippen molar-refractivity contribution in [3.63, 3.8) is 0 Å². The molecule has 3 nitrogen and oxygen atoms in total. The molecule has 2 rings (SSSR count). The number of hydrogen-bond acceptors (Lipinski definition) is 2. The molecule has 0 spiro atoms. The van der Waals surface area contributed by atoms with Crippen LogP contribution in [0.4, 0.5) is 5.82 Å². The summed E-state index contributed by atoms with van der Waals surface area (Å²) in [7, 11) is 0. The summed E-state index contributed by atoms with van der Waals surface area (Å²) in [5, 5.41) is 10.2. The summed E-state index contributed by atoms with van der Waals surface area (Å²) in [6.45, 7) is 1.08. The fourth-order valence-electron chi connectivity index (χ4n) is 1.31. The zero-order valence-corrected chi connectivity index (χ0v) is 5.85. The highest BCUT2D eigenvalue weighted by Crippen LogP contribution is 2.16. The Morgan fingerprint density at radius 1 is 1.40 bits per heavy atom. The number of nitrogens with one attached hydrogen (secondary N) is 2. The molecule has 0 amide bonds. The van der Waals surface area contributed by atoms with Gasteiger partial charge < -0.3 is 5.32 Å². The largest absolute Gasteiger partial charge is 0.370 e. The molecule has 1 aromatic heterocycles.